The van der Waals surface area contributed by atoms with Gasteiger partial charge in [-0.1, -0.05) is 19.1 Å². The summed E-state index contributed by atoms with van der Waals surface area (Å²) in [6.45, 7) is 10.2. The molecule has 0 spiro atoms. The summed E-state index contributed by atoms with van der Waals surface area (Å²) in [5.41, 5.74) is 3.54. The highest BCUT2D eigenvalue weighted by Gasteiger charge is 2.26. The monoisotopic (exact) mass is 478 g/mol. The van der Waals surface area contributed by atoms with Crippen LogP contribution in [0.1, 0.15) is 37.8 Å². The van der Waals surface area contributed by atoms with E-state index in [1.807, 2.05) is 50.2 Å². The molecule has 2 heterocycles. The Kier molecular flexibility index (Phi) is 7.85. The Balaban J connectivity index is 1.58. The van der Waals surface area contributed by atoms with E-state index in [1.54, 1.807) is 0 Å². The lowest BCUT2D eigenvalue weighted by Crippen LogP contribution is -2.44. The molecule has 4 rings (SSSR count). The molecule has 1 saturated heterocycles. The number of fused-ring (bicyclic) bond motifs is 1. The smallest absolute Gasteiger partial charge is 0.253 e. The summed E-state index contributed by atoms with van der Waals surface area (Å²) in [6.07, 6.45) is 2.34. The zero-order valence-electron chi connectivity index (χ0n) is 20.3. The van der Waals surface area contributed by atoms with E-state index in [2.05, 4.69) is 39.2 Å². The number of likely N-dealkylation sites (N-methyl/N-ethyl adjacent to an activating group) is 1. The average molecular weight is 479 g/mol. The molecule has 1 atom stereocenters. The number of aryl methyl sites for hydroxylation is 1. The first-order valence-corrected chi connectivity index (χ1v) is 12.5. The van der Waals surface area contributed by atoms with Gasteiger partial charge in [-0.15, -0.1) is 0 Å². The van der Waals surface area contributed by atoms with Crippen LogP contribution in [0, 0.1) is 6.92 Å². The number of anilines is 1. The number of nitrogens with zero attached hydrogens (tertiary/aromatic N) is 2. The maximum atomic E-state index is 12.9. The molecule has 0 bridgehead atoms. The number of hydrogen-bond donors (Lipinski definition) is 2. The molecule has 2 aromatic carbocycles. The van der Waals surface area contributed by atoms with E-state index in [4.69, 9.17) is 17.0 Å². The van der Waals surface area contributed by atoms with E-state index in [-0.39, 0.29) is 5.56 Å². The Morgan fingerprint density at radius 3 is 2.74 bits per heavy atom. The van der Waals surface area contributed by atoms with Gasteiger partial charge < -0.3 is 19.9 Å². The maximum absolute atomic E-state index is 12.9. The van der Waals surface area contributed by atoms with Crippen molar-refractivity contribution in [1.82, 2.24) is 14.8 Å². The number of nitrogens with one attached hydrogen (secondary N) is 2. The number of benzene rings is 2. The fourth-order valence-corrected chi connectivity index (χ4v) is 4.94. The molecule has 1 aliphatic rings. The third kappa shape index (κ3) is 5.77. The lowest BCUT2D eigenvalue weighted by molar-refractivity contribution is 0.221. The molecule has 0 unspecified atom stereocenters. The lowest BCUT2D eigenvalue weighted by Gasteiger charge is -2.32. The normalized spacial score (nSPS) is 16.0. The van der Waals surface area contributed by atoms with E-state index < -0.39 is 0 Å². The van der Waals surface area contributed by atoms with Gasteiger partial charge in [0, 0.05) is 29.4 Å². The number of rotatable bonds is 8. The Morgan fingerprint density at radius 2 is 2.00 bits per heavy atom. The van der Waals surface area contributed by atoms with Gasteiger partial charge >= 0.3 is 0 Å². The molecule has 0 amide bonds. The van der Waals surface area contributed by atoms with Crippen LogP contribution in [0.5, 0.6) is 5.75 Å². The topological polar surface area (TPSA) is 60.6 Å². The summed E-state index contributed by atoms with van der Waals surface area (Å²) in [5, 5.41) is 5.02. The SMILES string of the molecule is CCOc1ccc(NC(=S)N(Cc2cc3ccc(C)cc3[nH]c2=O)C[C@H]2CCCN2CC)cc1. The molecule has 0 radical (unpaired) electrons. The van der Waals surface area contributed by atoms with E-state index in [0.717, 1.165) is 54.0 Å². The molecule has 1 aliphatic heterocycles. The van der Waals surface area contributed by atoms with Gasteiger partial charge in [0.2, 0.25) is 0 Å². The van der Waals surface area contributed by atoms with Gasteiger partial charge in [0.1, 0.15) is 5.75 Å². The van der Waals surface area contributed by atoms with E-state index in [0.29, 0.717) is 29.9 Å². The van der Waals surface area contributed by atoms with Gasteiger partial charge in [-0.05, 0) is 99.3 Å². The predicted molar refractivity (Wildman–Crippen MR) is 144 cm³/mol. The van der Waals surface area contributed by atoms with E-state index >= 15 is 0 Å². The second kappa shape index (κ2) is 11.0. The second-order valence-electron chi connectivity index (χ2n) is 8.91. The molecule has 1 fully saturated rings. The van der Waals surface area contributed by atoms with Crippen LogP contribution in [0.2, 0.25) is 0 Å². The van der Waals surface area contributed by atoms with Gasteiger partial charge in [-0.2, -0.15) is 0 Å². The van der Waals surface area contributed by atoms with Crippen molar-refractivity contribution in [2.75, 3.05) is 31.6 Å². The minimum absolute atomic E-state index is 0.0641. The summed E-state index contributed by atoms with van der Waals surface area (Å²) >= 11 is 5.86. The third-order valence-corrected chi connectivity index (χ3v) is 6.84. The molecule has 7 heteroatoms. The Morgan fingerprint density at radius 1 is 1.21 bits per heavy atom. The van der Waals surface area contributed by atoms with Crippen molar-refractivity contribution in [2.45, 2.75) is 46.2 Å². The number of likely N-dealkylation sites (tertiary alicyclic amines) is 1. The van der Waals surface area contributed by atoms with Crippen molar-refractivity contribution < 1.29 is 4.74 Å². The number of pyridine rings is 1. The molecule has 34 heavy (non-hydrogen) atoms. The summed E-state index contributed by atoms with van der Waals surface area (Å²) in [6, 6.07) is 16.4. The van der Waals surface area contributed by atoms with Crippen LogP contribution in [-0.4, -0.2) is 52.2 Å². The van der Waals surface area contributed by atoms with Crippen molar-refractivity contribution in [3.8, 4) is 5.75 Å². The Bertz CT molecular complexity index is 1190. The van der Waals surface area contributed by atoms with Crippen LogP contribution in [0.3, 0.4) is 0 Å². The minimum Gasteiger partial charge on any atom is -0.494 e. The largest absolute Gasteiger partial charge is 0.494 e. The van der Waals surface area contributed by atoms with Crippen LogP contribution in [0.15, 0.2) is 53.3 Å². The number of aromatic amines is 1. The Hall–Kier alpha value is -2.90. The van der Waals surface area contributed by atoms with Crippen molar-refractivity contribution in [3.05, 3.63) is 70.0 Å². The molecule has 2 N–H and O–H groups in total. The maximum Gasteiger partial charge on any atom is 0.253 e. The van der Waals surface area contributed by atoms with Crippen LogP contribution in [-0.2, 0) is 6.54 Å². The van der Waals surface area contributed by atoms with Gasteiger partial charge in [-0.25, -0.2) is 0 Å². The minimum atomic E-state index is -0.0641. The van der Waals surface area contributed by atoms with E-state index in [9.17, 15) is 4.79 Å². The number of aromatic nitrogens is 1. The van der Waals surface area contributed by atoms with Crippen molar-refractivity contribution >= 4 is 33.9 Å². The fraction of sp³-hybridized carbons (Fsp3) is 0.407. The highest BCUT2D eigenvalue weighted by atomic mass is 32.1. The molecule has 6 nitrogen and oxygen atoms in total. The zero-order valence-corrected chi connectivity index (χ0v) is 21.1. The first kappa shape index (κ1) is 24.2. The molecule has 0 aliphatic carbocycles. The molecule has 1 aromatic heterocycles. The lowest BCUT2D eigenvalue weighted by atomic mass is 10.1. The average Bonchev–Trinajstić information content (AvgIpc) is 3.27. The van der Waals surface area contributed by atoms with Gasteiger partial charge in [0.15, 0.2) is 5.11 Å². The molecular weight excluding hydrogens is 444 g/mol. The molecule has 180 valence electrons. The van der Waals surface area contributed by atoms with E-state index in [1.165, 1.54) is 6.42 Å². The fourth-order valence-electron chi connectivity index (χ4n) is 4.68. The summed E-state index contributed by atoms with van der Waals surface area (Å²) < 4.78 is 5.55. The number of ether oxygens (including phenoxy) is 1. The molecule has 3 aromatic rings. The number of hydrogen-bond acceptors (Lipinski definition) is 4. The van der Waals surface area contributed by atoms with Crippen LogP contribution in [0.4, 0.5) is 5.69 Å². The van der Waals surface area contributed by atoms with Crippen molar-refractivity contribution in [1.29, 1.82) is 0 Å². The summed E-state index contributed by atoms with van der Waals surface area (Å²) in [5.74, 6) is 0.832. The van der Waals surface area contributed by atoms with Crippen LogP contribution >= 0.6 is 12.2 Å². The highest BCUT2D eigenvalue weighted by molar-refractivity contribution is 7.80. The Labute approximate surface area is 206 Å². The first-order valence-electron chi connectivity index (χ1n) is 12.1. The van der Waals surface area contributed by atoms with Crippen LogP contribution in [0.25, 0.3) is 10.9 Å². The zero-order chi connectivity index (χ0) is 24.1. The number of thiocarbonyl (C=S) groups is 1. The van der Waals surface area contributed by atoms with Crippen molar-refractivity contribution in [2.24, 2.45) is 0 Å². The predicted octanol–water partition coefficient (Wildman–Crippen LogP) is 4.92. The van der Waals surface area contributed by atoms with Crippen molar-refractivity contribution in [3.63, 3.8) is 0 Å². The summed E-state index contributed by atoms with van der Waals surface area (Å²) in [4.78, 5) is 20.6. The van der Waals surface area contributed by atoms with Gasteiger partial charge in [-0.3, -0.25) is 9.69 Å². The molecular formula is C27H34N4O2S. The standard InChI is InChI=1S/C27H34N4O2S/c1-4-30-14-6-7-23(30)18-31(27(34)28-22-10-12-24(13-11-22)33-5-2)17-21-16-20-9-8-19(3)15-25(20)29-26(21)32/h8-13,15-16,23H,4-7,14,17-18H2,1-3H3,(H,28,34)(H,29,32)/t23-/m1/s1. The summed E-state index contributed by atoms with van der Waals surface area (Å²) in [7, 11) is 0. The quantitative estimate of drug-likeness (QED) is 0.448. The van der Waals surface area contributed by atoms with Gasteiger partial charge in [0.25, 0.3) is 5.56 Å². The first-order chi connectivity index (χ1) is 16.5. The second-order valence-corrected chi connectivity index (χ2v) is 9.29. The molecule has 0 saturated carbocycles. The highest BCUT2D eigenvalue weighted by Crippen LogP contribution is 2.21. The third-order valence-electron chi connectivity index (χ3n) is 6.48. The van der Waals surface area contributed by atoms with Crippen LogP contribution < -0.4 is 15.6 Å². The number of H-pyrrole nitrogens is 1. The van der Waals surface area contributed by atoms with Gasteiger partial charge in [0.05, 0.1) is 13.2 Å².